The van der Waals surface area contributed by atoms with E-state index in [1.54, 1.807) is 19.1 Å². The summed E-state index contributed by atoms with van der Waals surface area (Å²) in [5.74, 6) is -0.693. The maximum atomic E-state index is 12.0. The van der Waals surface area contributed by atoms with E-state index in [1.807, 2.05) is 32.9 Å². The number of carboxylic acids is 1. The first-order chi connectivity index (χ1) is 9.79. The number of benzene rings is 1. The summed E-state index contributed by atoms with van der Waals surface area (Å²) in [7, 11) is 0. The first kappa shape index (κ1) is 17.0. The van der Waals surface area contributed by atoms with Crippen molar-refractivity contribution in [3.8, 4) is 5.75 Å². The lowest BCUT2D eigenvalue weighted by Gasteiger charge is -2.20. The normalized spacial score (nSPS) is 13.6. The van der Waals surface area contributed by atoms with Crippen molar-refractivity contribution in [2.24, 2.45) is 5.92 Å². The lowest BCUT2D eigenvalue weighted by Crippen LogP contribution is -2.46. The Morgan fingerprint density at radius 1 is 1.19 bits per heavy atom. The summed E-state index contributed by atoms with van der Waals surface area (Å²) >= 11 is 0. The Hall–Kier alpha value is -2.04. The van der Waals surface area contributed by atoms with E-state index in [0.29, 0.717) is 12.2 Å². The molecule has 1 unspecified atom stereocenters. The highest BCUT2D eigenvalue weighted by Gasteiger charge is 2.24. The highest BCUT2D eigenvalue weighted by Crippen LogP contribution is 2.13. The molecule has 5 heteroatoms. The molecule has 0 fully saturated rings. The topological polar surface area (TPSA) is 75.6 Å². The van der Waals surface area contributed by atoms with Crippen LogP contribution in [-0.4, -0.2) is 29.1 Å². The van der Waals surface area contributed by atoms with Gasteiger partial charge in [0.05, 0.1) is 0 Å². The second-order valence-corrected chi connectivity index (χ2v) is 5.60. The maximum Gasteiger partial charge on any atom is 0.326 e. The van der Waals surface area contributed by atoms with Gasteiger partial charge in [0.2, 0.25) is 0 Å². The Morgan fingerprint density at radius 2 is 1.76 bits per heavy atom. The number of carboxylic acid groups (broad SMARTS) is 1. The predicted octanol–water partition coefficient (Wildman–Crippen LogP) is 2.38. The van der Waals surface area contributed by atoms with Gasteiger partial charge in [-0.25, -0.2) is 4.79 Å². The molecular weight excluding hydrogens is 270 g/mol. The maximum absolute atomic E-state index is 12.0. The van der Waals surface area contributed by atoms with Crippen molar-refractivity contribution < 1.29 is 19.4 Å². The molecule has 21 heavy (non-hydrogen) atoms. The van der Waals surface area contributed by atoms with Gasteiger partial charge in [-0.2, -0.15) is 0 Å². The van der Waals surface area contributed by atoms with Gasteiger partial charge in [0, 0.05) is 0 Å². The zero-order chi connectivity index (χ0) is 16.0. The average Bonchev–Trinajstić information content (AvgIpc) is 2.39. The van der Waals surface area contributed by atoms with Crippen molar-refractivity contribution in [2.45, 2.75) is 46.3 Å². The van der Waals surface area contributed by atoms with Crippen LogP contribution in [0.1, 0.15) is 32.8 Å². The number of aliphatic carboxylic acids is 1. The highest BCUT2D eigenvalue weighted by atomic mass is 16.5. The van der Waals surface area contributed by atoms with E-state index in [0.717, 1.165) is 5.56 Å². The average molecular weight is 293 g/mol. The van der Waals surface area contributed by atoms with Crippen molar-refractivity contribution in [2.75, 3.05) is 0 Å². The van der Waals surface area contributed by atoms with Crippen LogP contribution in [0, 0.1) is 12.8 Å². The summed E-state index contributed by atoms with van der Waals surface area (Å²) in [5, 5.41) is 11.6. The fourth-order valence-electron chi connectivity index (χ4n) is 1.86. The van der Waals surface area contributed by atoms with Crippen LogP contribution in [-0.2, 0) is 9.59 Å². The minimum Gasteiger partial charge on any atom is -0.481 e. The summed E-state index contributed by atoms with van der Waals surface area (Å²) in [4.78, 5) is 23.1. The minimum atomic E-state index is -1.03. The number of aryl methyl sites for hydroxylation is 1. The van der Waals surface area contributed by atoms with Crippen molar-refractivity contribution in [3.05, 3.63) is 29.8 Å². The highest BCUT2D eigenvalue weighted by molar-refractivity contribution is 5.86. The molecular formula is C16H23NO4. The monoisotopic (exact) mass is 293 g/mol. The van der Waals surface area contributed by atoms with Crippen LogP contribution in [0.15, 0.2) is 24.3 Å². The van der Waals surface area contributed by atoms with Crippen LogP contribution in [0.4, 0.5) is 0 Å². The second kappa shape index (κ2) is 7.67. The third kappa shape index (κ3) is 5.85. The van der Waals surface area contributed by atoms with Gasteiger partial charge in [-0.15, -0.1) is 0 Å². The fourth-order valence-corrected chi connectivity index (χ4v) is 1.86. The van der Waals surface area contributed by atoms with E-state index >= 15 is 0 Å². The van der Waals surface area contributed by atoms with Crippen molar-refractivity contribution >= 4 is 11.9 Å². The van der Waals surface area contributed by atoms with Gasteiger partial charge in [0.15, 0.2) is 6.10 Å². The van der Waals surface area contributed by atoms with Crippen LogP contribution >= 0.6 is 0 Å². The second-order valence-electron chi connectivity index (χ2n) is 5.60. The van der Waals surface area contributed by atoms with Gasteiger partial charge in [-0.05, 0) is 38.3 Å². The number of rotatable bonds is 7. The number of carbonyl (C=O) groups is 2. The molecule has 2 atom stereocenters. The molecule has 0 aliphatic carbocycles. The lowest BCUT2D eigenvalue weighted by atomic mass is 10.0. The molecule has 0 saturated carbocycles. The quantitative estimate of drug-likeness (QED) is 0.809. The minimum absolute atomic E-state index is 0.180. The third-order valence-corrected chi connectivity index (χ3v) is 3.02. The molecule has 1 amide bonds. The van der Waals surface area contributed by atoms with Gasteiger partial charge in [0.25, 0.3) is 5.91 Å². The molecule has 0 radical (unpaired) electrons. The largest absolute Gasteiger partial charge is 0.481 e. The summed E-state index contributed by atoms with van der Waals surface area (Å²) in [5.41, 5.74) is 1.10. The van der Waals surface area contributed by atoms with Gasteiger partial charge in [-0.3, -0.25) is 4.79 Å². The summed E-state index contributed by atoms with van der Waals surface area (Å²) < 4.78 is 5.51. The molecule has 0 saturated heterocycles. The zero-order valence-corrected chi connectivity index (χ0v) is 12.9. The Morgan fingerprint density at radius 3 is 2.24 bits per heavy atom. The van der Waals surface area contributed by atoms with Crippen molar-refractivity contribution in [3.63, 3.8) is 0 Å². The van der Waals surface area contributed by atoms with Crippen molar-refractivity contribution in [1.82, 2.24) is 5.32 Å². The van der Waals surface area contributed by atoms with Crippen LogP contribution in [0.25, 0.3) is 0 Å². The van der Waals surface area contributed by atoms with Gasteiger partial charge < -0.3 is 15.2 Å². The fraction of sp³-hybridized carbons (Fsp3) is 0.500. The molecule has 0 spiro atoms. The molecule has 1 rings (SSSR count). The first-order valence-corrected chi connectivity index (χ1v) is 7.06. The molecule has 0 aliphatic rings. The molecule has 0 aromatic heterocycles. The van der Waals surface area contributed by atoms with E-state index in [1.165, 1.54) is 0 Å². The number of carbonyl (C=O) groups excluding carboxylic acids is 1. The molecule has 1 aromatic carbocycles. The summed E-state index contributed by atoms with van der Waals surface area (Å²) in [6, 6.07) is 6.45. The van der Waals surface area contributed by atoms with E-state index in [4.69, 9.17) is 9.84 Å². The Kier molecular flexibility index (Phi) is 6.21. The molecule has 0 heterocycles. The zero-order valence-electron chi connectivity index (χ0n) is 12.9. The number of amides is 1. The van der Waals surface area contributed by atoms with Crippen LogP contribution in [0.3, 0.4) is 0 Å². The SMILES string of the molecule is Cc1ccc(OC(C)C(=O)N[C@@H](CC(C)C)C(=O)O)cc1. The van der Waals surface area contributed by atoms with Crippen LogP contribution in [0.5, 0.6) is 5.75 Å². The number of hydrogen-bond acceptors (Lipinski definition) is 3. The van der Waals surface area contributed by atoms with Crippen LogP contribution in [0.2, 0.25) is 0 Å². The first-order valence-electron chi connectivity index (χ1n) is 7.06. The van der Waals surface area contributed by atoms with Gasteiger partial charge >= 0.3 is 5.97 Å². The van der Waals surface area contributed by atoms with E-state index in [2.05, 4.69) is 5.32 Å². The summed E-state index contributed by atoms with van der Waals surface area (Å²) in [6.45, 7) is 7.38. The molecule has 0 bridgehead atoms. The number of hydrogen-bond donors (Lipinski definition) is 2. The number of nitrogens with one attached hydrogen (secondary N) is 1. The Balaban J connectivity index is 2.60. The van der Waals surface area contributed by atoms with Crippen LogP contribution < -0.4 is 10.1 Å². The van der Waals surface area contributed by atoms with Gasteiger partial charge in [-0.1, -0.05) is 31.5 Å². The summed E-state index contributed by atoms with van der Waals surface area (Å²) in [6.07, 6.45) is -0.361. The molecule has 116 valence electrons. The predicted molar refractivity (Wildman–Crippen MR) is 80.3 cm³/mol. The standard InChI is InChI=1S/C16H23NO4/c1-10(2)9-14(16(19)20)17-15(18)12(4)21-13-7-5-11(3)6-8-13/h5-8,10,12,14H,9H2,1-4H3,(H,17,18)(H,19,20)/t12?,14-/m0/s1. The number of ether oxygens (including phenoxy) is 1. The van der Waals surface area contributed by atoms with Crippen molar-refractivity contribution in [1.29, 1.82) is 0 Å². The van der Waals surface area contributed by atoms with E-state index in [-0.39, 0.29) is 5.92 Å². The Bertz CT molecular complexity index is 482. The van der Waals surface area contributed by atoms with E-state index in [9.17, 15) is 9.59 Å². The molecule has 0 aliphatic heterocycles. The smallest absolute Gasteiger partial charge is 0.326 e. The third-order valence-electron chi connectivity index (χ3n) is 3.02. The van der Waals surface area contributed by atoms with Gasteiger partial charge in [0.1, 0.15) is 11.8 Å². The van der Waals surface area contributed by atoms with E-state index < -0.39 is 24.0 Å². The molecule has 1 aromatic rings. The molecule has 5 nitrogen and oxygen atoms in total. The Labute approximate surface area is 125 Å². The lowest BCUT2D eigenvalue weighted by molar-refractivity contribution is -0.143. The molecule has 2 N–H and O–H groups in total.